The Morgan fingerprint density at radius 3 is 1.21 bits per heavy atom. The summed E-state index contributed by atoms with van der Waals surface area (Å²) in [6, 6.07) is 0. The molecule has 1 aromatic carbocycles. The number of aromatic hydroxyl groups is 2. The molecule has 19 heavy (non-hydrogen) atoms. The normalized spacial score (nSPS) is 22.2. The lowest BCUT2D eigenvalue weighted by molar-refractivity contribution is 0.123. The highest BCUT2D eigenvalue weighted by atomic mass is 16.3. The lowest BCUT2D eigenvalue weighted by Gasteiger charge is -2.44. The van der Waals surface area contributed by atoms with Gasteiger partial charge in [-0.05, 0) is 16.2 Å². The molecule has 0 radical (unpaired) electrons. The fraction of sp³-hybridized carbons (Fsp3) is 0.600. The maximum absolute atomic E-state index is 10.6. The summed E-state index contributed by atoms with van der Waals surface area (Å²) in [5, 5.41) is 21.2. The Morgan fingerprint density at radius 2 is 0.947 bits per heavy atom. The molecule has 0 saturated carbocycles. The molecule has 0 saturated heterocycles. The van der Waals surface area contributed by atoms with Gasteiger partial charge in [-0.1, -0.05) is 52.5 Å². The van der Waals surface area contributed by atoms with Gasteiger partial charge in [0.1, 0.15) is 27.2 Å². The van der Waals surface area contributed by atoms with Crippen molar-refractivity contribution in [3.63, 3.8) is 0 Å². The van der Waals surface area contributed by atoms with Crippen molar-refractivity contribution in [2.24, 2.45) is 5.41 Å². The van der Waals surface area contributed by atoms with E-state index in [1.807, 2.05) is 15.7 Å². The predicted molar refractivity (Wildman–Crippen MR) is 86.0 cm³/mol. The van der Waals surface area contributed by atoms with E-state index in [1.54, 1.807) is 0 Å². The minimum atomic E-state index is -0.189. The summed E-state index contributed by atoms with van der Waals surface area (Å²) < 4.78 is 0. The topological polar surface area (TPSA) is 40.5 Å². The van der Waals surface area contributed by atoms with Crippen LogP contribution in [0, 0.1) is 5.41 Å². The molecule has 102 valence electrons. The van der Waals surface area contributed by atoms with Crippen molar-refractivity contribution in [2.45, 2.75) is 52.4 Å². The van der Waals surface area contributed by atoms with Crippen molar-refractivity contribution in [1.29, 1.82) is 0 Å². The largest absolute Gasteiger partial charge is 0.508 e. The molecule has 0 unspecified atom stereocenters. The van der Waals surface area contributed by atoms with Gasteiger partial charge < -0.3 is 10.2 Å². The number of rotatable bonds is 0. The Bertz CT molecular complexity index is 523. The third-order valence-electron chi connectivity index (χ3n) is 6.37. The maximum atomic E-state index is 10.6. The minimum absolute atomic E-state index is 0.0580. The summed E-state index contributed by atoms with van der Waals surface area (Å²) in [7, 11) is 3.75. The Balaban J connectivity index is 3.02. The van der Waals surface area contributed by atoms with Gasteiger partial charge in [0.2, 0.25) is 0 Å². The van der Waals surface area contributed by atoms with Crippen LogP contribution in [0.25, 0.3) is 0 Å². The van der Waals surface area contributed by atoms with Crippen molar-refractivity contribution < 1.29 is 10.2 Å². The number of fused-ring (bicyclic) bond motifs is 1. The summed E-state index contributed by atoms with van der Waals surface area (Å²) in [5.41, 5.74) is 2.98. The molecule has 0 spiro atoms. The Kier molecular flexibility index (Phi) is 2.67. The van der Waals surface area contributed by atoms with Gasteiger partial charge in [0.05, 0.1) is 0 Å². The second-order valence-corrected chi connectivity index (χ2v) is 7.57. The molecule has 2 nitrogen and oxygen atoms in total. The van der Waals surface area contributed by atoms with E-state index in [4.69, 9.17) is 0 Å². The monoisotopic (exact) mass is 258 g/mol. The van der Waals surface area contributed by atoms with Crippen molar-refractivity contribution >= 4 is 26.6 Å². The SMILES string of the molecule is Bc1c(B)c(O)c2c(c1O)C(C)(C)C(C)(C)C2(C)C. The van der Waals surface area contributed by atoms with Crippen LogP contribution in [0.4, 0.5) is 0 Å². The molecule has 0 aliphatic heterocycles. The number of phenolic OH excluding ortho intramolecular Hbond substituents is 2. The van der Waals surface area contributed by atoms with Crippen LogP contribution in [-0.2, 0) is 10.8 Å². The minimum Gasteiger partial charge on any atom is -0.508 e. The summed E-state index contributed by atoms with van der Waals surface area (Å²) in [5.74, 6) is 0.711. The van der Waals surface area contributed by atoms with E-state index in [1.165, 1.54) is 0 Å². The average molecular weight is 258 g/mol. The van der Waals surface area contributed by atoms with Gasteiger partial charge in [0.15, 0.2) is 0 Å². The lowest BCUT2D eigenvalue weighted by Crippen LogP contribution is -2.42. The van der Waals surface area contributed by atoms with Gasteiger partial charge in [0, 0.05) is 11.1 Å². The van der Waals surface area contributed by atoms with Crippen LogP contribution in [0.1, 0.15) is 52.7 Å². The van der Waals surface area contributed by atoms with E-state index in [2.05, 4.69) is 41.5 Å². The van der Waals surface area contributed by atoms with Crippen molar-refractivity contribution in [3.05, 3.63) is 11.1 Å². The van der Waals surface area contributed by atoms with Crippen molar-refractivity contribution in [2.75, 3.05) is 0 Å². The lowest BCUT2D eigenvalue weighted by atomic mass is 9.59. The summed E-state index contributed by atoms with van der Waals surface area (Å²) in [6.07, 6.45) is 0. The van der Waals surface area contributed by atoms with Gasteiger partial charge in [-0.2, -0.15) is 0 Å². The van der Waals surface area contributed by atoms with Crippen molar-refractivity contribution in [3.8, 4) is 11.5 Å². The van der Waals surface area contributed by atoms with Gasteiger partial charge in [0.25, 0.3) is 0 Å². The van der Waals surface area contributed by atoms with Crippen LogP contribution < -0.4 is 10.9 Å². The molecular weight excluding hydrogens is 234 g/mol. The molecule has 0 amide bonds. The van der Waals surface area contributed by atoms with E-state index in [0.29, 0.717) is 11.5 Å². The number of benzene rings is 1. The highest BCUT2D eigenvalue weighted by molar-refractivity contribution is 6.51. The first-order valence-electron chi connectivity index (χ1n) is 6.95. The zero-order chi connectivity index (χ0) is 15.0. The zero-order valence-corrected chi connectivity index (χ0v) is 13.4. The standard InChI is InChI=1S/C15H24B2O2/c1-13(2)7-8(14(3,4)15(13,5)6)12(19)10(17)9(16)11(7)18/h18-19H,16-17H2,1-6H3. The molecule has 2 rings (SSSR count). The quantitative estimate of drug-likeness (QED) is 0.516. The highest BCUT2D eigenvalue weighted by Gasteiger charge is 2.59. The molecule has 0 atom stereocenters. The van der Waals surface area contributed by atoms with E-state index in [9.17, 15) is 10.2 Å². The second kappa shape index (κ2) is 3.53. The molecule has 0 heterocycles. The van der Waals surface area contributed by atoms with E-state index in [-0.39, 0.29) is 16.2 Å². The van der Waals surface area contributed by atoms with Crippen LogP contribution in [0.15, 0.2) is 0 Å². The molecule has 1 aromatic rings. The van der Waals surface area contributed by atoms with E-state index in [0.717, 1.165) is 22.1 Å². The van der Waals surface area contributed by atoms with Crippen LogP contribution in [0.2, 0.25) is 0 Å². The Hall–Kier alpha value is -1.05. The smallest absolute Gasteiger partial charge is 0.143 e. The summed E-state index contributed by atoms with van der Waals surface area (Å²) in [4.78, 5) is 0. The van der Waals surface area contributed by atoms with Crippen LogP contribution in [0.5, 0.6) is 11.5 Å². The summed E-state index contributed by atoms with van der Waals surface area (Å²) >= 11 is 0. The summed E-state index contributed by atoms with van der Waals surface area (Å²) in [6.45, 7) is 13.1. The Labute approximate surface area is 118 Å². The highest BCUT2D eigenvalue weighted by Crippen LogP contribution is 2.64. The average Bonchev–Trinajstić information content (AvgIpc) is 2.39. The van der Waals surface area contributed by atoms with Crippen LogP contribution in [0.3, 0.4) is 0 Å². The Morgan fingerprint density at radius 1 is 0.684 bits per heavy atom. The molecule has 0 aromatic heterocycles. The number of phenols is 2. The van der Waals surface area contributed by atoms with Gasteiger partial charge >= 0.3 is 0 Å². The number of hydrogen-bond acceptors (Lipinski definition) is 2. The van der Waals surface area contributed by atoms with Crippen LogP contribution in [-0.4, -0.2) is 25.9 Å². The van der Waals surface area contributed by atoms with Gasteiger partial charge in [-0.3, -0.25) is 0 Å². The van der Waals surface area contributed by atoms with Gasteiger partial charge in [-0.25, -0.2) is 0 Å². The molecule has 2 N–H and O–H groups in total. The van der Waals surface area contributed by atoms with Crippen molar-refractivity contribution in [1.82, 2.24) is 0 Å². The third-order valence-corrected chi connectivity index (χ3v) is 6.37. The molecule has 1 aliphatic carbocycles. The molecule has 4 heteroatoms. The molecule has 1 aliphatic rings. The van der Waals surface area contributed by atoms with E-state index >= 15 is 0 Å². The first-order chi connectivity index (χ1) is 8.39. The zero-order valence-electron chi connectivity index (χ0n) is 13.4. The second-order valence-electron chi connectivity index (χ2n) is 7.57. The maximum Gasteiger partial charge on any atom is 0.143 e. The molecule has 0 fully saturated rings. The third kappa shape index (κ3) is 1.35. The fourth-order valence-corrected chi connectivity index (χ4v) is 3.59. The fourth-order valence-electron chi connectivity index (χ4n) is 3.59. The number of hydrogen-bond donors (Lipinski definition) is 2. The van der Waals surface area contributed by atoms with Gasteiger partial charge in [-0.15, -0.1) is 0 Å². The molecular formula is C15H24B2O2. The predicted octanol–water partition coefficient (Wildman–Crippen LogP) is 0.210. The first-order valence-corrected chi connectivity index (χ1v) is 6.95. The van der Waals surface area contributed by atoms with E-state index < -0.39 is 0 Å². The molecule has 0 bridgehead atoms. The first kappa shape index (κ1) is 14.4. The van der Waals surface area contributed by atoms with Crippen LogP contribution >= 0.6 is 0 Å².